The second-order valence-electron chi connectivity index (χ2n) is 4.43. The van der Waals surface area contributed by atoms with Crippen LogP contribution in [0.5, 0.6) is 11.5 Å². The Bertz CT molecular complexity index is 682. The zero-order valence-corrected chi connectivity index (χ0v) is 12.6. The predicted octanol–water partition coefficient (Wildman–Crippen LogP) is 2.67. The van der Waals surface area contributed by atoms with Crippen molar-refractivity contribution in [2.45, 2.75) is 13.5 Å². The molecule has 0 fully saturated rings. The molecule has 2 rings (SSSR count). The molecule has 7 heteroatoms. The van der Waals surface area contributed by atoms with Gasteiger partial charge in [0.1, 0.15) is 23.7 Å². The molecule has 0 saturated carbocycles. The van der Waals surface area contributed by atoms with E-state index in [2.05, 4.69) is 5.10 Å². The molecule has 0 saturated heterocycles. The highest BCUT2D eigenvalue weighted by molar-refractivity contribution is 6.31. The van der Waals surface area contributed by atoms with Crippen LogP contribution in [0.15, 0.2) is 18.2 Å². The minimum atomic E-state index is -1.09. The van der Waals surface area contributed by atoms with Crippen molar-refractivity contribution in [1.29, 1.82) is 0 Å². The van der Waals surface area contributed by atoms with E-state index in [9.17, 15) is 9.90 Å². The highest BCUT2D eigenvalue weighted by atomic mass is 35.5. The summed E-state index contributed by atoms with van der Waals surface area (Å²) in [5.74, 6) is -0.386. The number of nitrogens with zero attached hydrogens (tertiary/aromatic N) is 2. The average Bonchev–Trinajstić information content (AvgIpc) is 2.70. The van der Waals surface area contributed by atoms with Gasteiger partial charge in [-0.3, -0.25) is 4.68 Å². The molecule has 0 aliphatic rings. The van der Waals surface area contributed by atoms with Crippen LogP contribution in [0.25, 0.3) is 0 Å². The standard InChI is InChI=1S/C14H15ClN2O4/c1-8-13(15)11(17(2)16-8)7-21-12-5-4-9(20-3)6-10(12)14(18)19/h4-6H,7H2,1-3H3,(H,18,19). The van der Waals surface area contributed by atoms with Crippen LogP contribution in [0.1, 0.15) is 21.7 Å². The molecule has 2 aromatic rings. The quantitative estimate of drug-likeness (QED) is 0.919. The number of benzene rings is 1. The number of carboxylic acids is 1. The van der Waals surface area contributed by atoms with Crippen molar-refractivity contribution in [3.05, 3.63) is 40.2 Å². The first-order chi connectivity index (χ1) is 9.93. The summed E-state index contributed by atoms with van der Waals surface area (Å²) in [6, 6.07) is 4.60. The first-order valence-electron chi connectivity index (χ1n) is 6.16. The molecule has 1 N–H and O–H groups in total. The minimum absolute atomic E-state index is 0.0318. The molecule has 1 aromatic carbocycles. The van der Waals surface area contributed by atoms with E-state index < -0.39 is 5.97 Å². The lowest BCUT2D eigenvalue weighted by Gasteiger charge is -2.11. The summed E-state index contributed by atoms with van der Waals surface area (Å²) in [7, 11) is 3.23. The van der Waals surface area contributed by atoms with Gasteiger partial charge in [0.2, 0.25) is 0 Å². The Morgan fingerprint density at radius 2 is 2.19 bits per heavy atom. The molecule has 0 unspecified atom stereocenters. The molecule has 0 aliphatic carbocycles. The van der Waals surface area contributed by atoms with Crippen LogP contribution in [0, 0.1) is 6.92 Å². The molecule has 21 heavy (non-hydrogen) atoms. The summed E-state index contributed by atoms with van der Waals surface area (Å²) in [5, 5.41) is 13.9. The smallest absolute Gasteiger partial charge is 0.339 e. The second kappa shape index (κ2) is 6.05. The maximum absolute atomic E-state index is 11.3. The fourth-order valence-electron chi connectivity index (χ4n) is 1.91. The monoisotopic (exact) mass is 310 g/mol. The lowest BCUT2D eigenvalue weighted by molar-refractivity contribution is 0.0691. The first kappa shape index (κ1) is 15.2. The van der Waals surface area contributed by atoms with Crippen LogP contribution >= 0.6 is 11.6 Å². The maximum atomic E-state index is 11.3. The molecule has 0 bridgehead atoms. The van der Waals surface area contributed by atoms with Crippen molar-refractivity contribution in [3.8, 4) is 11.5 Å². The minimum Gasteiger partial charge on any atom is -0.497 e. The average molecular weight is 311 g/mol. The number of aromatic carboxylic acids is 1. The Morgan fingerprint density at radius 3 is 2.71 bits per heavy atom. The third-order valence-electron chi connectivity index (χ3n) is 3.04. The van der Waals surface area contributed by atoms with Gasteiger partial charge in [0, 0.05) is 7.05 Å². The van der Waals surface area contributed by atoms with E-state index in [0.29, 0.717) is 22.2 Å². The Kier molecular flexibility index (Phi) is 4.37. The SMILES string of the molecule is COc1ccc(OCc2c(Cl)c(C)nn2C)c(C(=O)O)c1. The summed E-state index contributed by atoms with van der Waals surface area (Å²) in [5.41, 5.74) is 1.41. The van der Waals surface area contributed by atoms with Crippen molar-refractivity contribution >= 4 is 17.6 Å². The van der Waals surface area contributed by atoms with E-state index in [1.807, 2.05) is 0 Å². The molecule has 112 valence electrons. The molecule has 0 spiro atoms. The van der Waals surface area contributed by atoms with Crippen molar-refractivity contribution < 1.29 is 19.4 Å². The van der Waals surface area contributed by atoms with Crippen molar-refractivity contribution in [2.24, 2.45) is 7.05 Å². The fourth-order valence-corrected chi connectivity index (χ4v) is 2.13. The summed E-state index contributed by atoms with van der Waals surface area (Å²) >= 11 is 6.13. The van der Waals surface area contributed by atoms with Gasteiger partial charge in [0.05, 0.1) is 23.5 Å². The summed E-state index contributed by atoms with van der Waals surface area (Å²) < 4.78 is 12.2. The van der Waals surface area contributed by atoms with Gasteiger partial charge in [0.15, 0.2) is 0 Å². The number of hydrogen-bond acceptors (Lipinski definition) is 4. The normalized spacial score (nSPS) is 10.5. The fraction of sp³-hybridized carbons (Fsp3) is 0.286. The molecular weight excluding hydrogens is 296 g/mol. The van der Waals surface area contributed by atoms with E-state index in [0.717, 1.165) is 0 Å². The topological polar surface area (TPSA) is 73.6 Å². The zero-order chi connectivity index (χ0) is 15.6. The van der Waals surface area contributed by atoms with Gasteiger partial charge in [-0.05, 0) is 25.1 Å². The number of hydrogen-bond donors (Lipinski definition) is 1. The van der Waals surface area contributed by atoms with Gasteiger partial charge in [0.25, 0.3) is 0 Å². The zero-order valence-electron chi connectivity index (χ0n) is 11.9. The van der Waals surface area contributed by atoms with E-state index in [-0.39, 0.29) is 17.9 Å². The van der Waals surface area contributed by atoms with Gasteiger partial charge in [-0.15, -0.1) is 0 Å². The largest absolute Gasteiger partial charge is 0.497 e. The van der Waals surface area contributed by atoms with Crippen molar-refractivity contribution in [3.63, 3.8) is 0 Å². The van der Waals surface area contributed by atoms with Gasteiger partial charge in [-0.25, -0.2) is 4.79 Å². The number of methoxy groups -OCH3 is 1. The second-order valence-corrected chi connectivity index (χ2v) is 4.80. The lowest BCUT2D eigenvalue weighted by atomic mass is 10.2. The van der Waals surface area contributed by atoms with Crippen LogP contribution in [-0.2, 0) is 13.7 Å². The number of ether oxygens (including phenoxy) is 2. The summed E-state index contributed by atoms with van der Waals surface area (Å²) in [6.45, 7) is 1.92. The molecule has 0 atom stereocenters. The highest BCUT2D eigenvalue weighted by Crippen LogP contribution is 2.26. The maximum Gasteiger partial charge on any atom is 0.339 e. The van der Waals surface area contributed by atoms with E-state index in [1.54, 1.807) is 30.8 Å². The first-order valence-corrected chi connectivity index (χ1v) is 6.54. The van der Waals surface area contributed by atoms with Gasteiger partial charge >= 0.3 is 5.97 Å². The Morgan fingerprint density at radius 1 is 1.48 bits per heavy atom. The number of rotatable bonds is 5. The Labute approximate surface area is 126 Å². The van der Waals surface area contributed by atoms with E-state index >= 15 is 0 Å². The van der Waals surface area contributed by atoms with Crippen LogP contribution in [0.3, 0.4) is 0 Å². The number of aryl methyl sites for hydroxylation is 2. The molecule has 1 heterocycles. The van der Waals surface area contributed by atoms with E-state index in [4.69, 9.17) is 21.1 Å². The van der Waals surface area contributed by atoms with Crippen molar-refractivity contribution in [1.82, 2.24) is 9.78 Å². The lowest BCUT2D eigenvalue weighted by Crippen LogP contribution is -2.07. The molecular formula is C14H15ClN2O4. The number of halogens is 1. The van der Waals surface area contributed by atoms with Gasteiger partial charge in [-0.2, -0.15) is 5.10 Å². The van der Waals surface area contributed by atoms with Crippen LogP contribution in [0.4, 0.5) is 0 Å². The third kappa shape index (κ3) is 3.11. The number of carbonyl (C=O) groups is 1. The highest BCUT2D eigenvalue weighted by Gasteiger charge is 2.16. The van der Waals surface area contributed by atoms with Gasteiger partial charge in [-0.1, -0.05) is 11.6 Å². The third-order valence-corrected chi connectivity index (χ3v) is 3.53. The van der Waals surface area contributed by atoms with Crippen LogP contribution in [-0.4, -0.2) is 28.0 Å². The van der Waals surface area contributed by atoms with Crippen LogP contribution in [0.2, 0.25) is 5.02 Å². The summed E-state index contributed by atoms with van der Waals surface area (Å²) in [6.07, 6.45) is 0. The molecule has 1 aromatic heterocycles. The van der Waals surface area contributed by atoms with Gasteiger partial charge < -0.3 is 14.6 Å². The predicted molar refractivity (Wildman–Crippen MR) is 77.2 cm³/mol. The molecule has 0 aliphatic heterocycles. The Balaban J connectivity index is 2.25. The van der Waals surface area contributed by atoms with E-state index in [1.165, 1.54) is 13.2 Å². The molecule has 6 nitrogen and oxygen atoms in total. The number of carboxylic acid groups (broad SMARTS) is 1. The van der Waals surface area contributed by atoms with Crippen LogP contribution < -0.4 is 9.47 Å². The Hall–Kier alpha value is -2.21. The number of aromatic nitrogens is 2. The van der Waals surface area contributed by atoms with Crippen molar-refractivity contribution in [2.75, 3.05) is 7.11 Å². The summed E-state index contributed by atoms with van der Waals surface area (Å²) in [4.78, 5) is 11.3. The molecule has 0 amide bonds. The molecule has 0 radical (unpaired) electrons.